The topological polar surface area (TPSA) is 26.0 Å². The molecule has 0 aliphatic rings. The van der Waals surface area contributed by atoms with Gasteiger partial charge in [-0.3, -0.25) is 0 Å². The van der Waals surface area contributed by atoms with Crippen molar-refractivity contribution in [2.24, 2.45) is 5.73 Å². The molecule has 0 radical (unpaired) electrons. The number of benzene rings is 2. The number of nitrogens with two attached hydrogens (primary N) is 1. The second kappa shape index (κ2) is 5.66. The molecule has 6 heteroatoms. The third-order valence-electron chi connectivity index (χ3n) is 3.30. The highest BCUT2D eigenvalue weighted by Crippen LogP contribution is 2.34. The summed E-state index contributed by atoms with van der Waals surface area (Å²) in [7, 11) is 0. The second-order valence-corrected chi connectivity index (χ2v) is 5.08. The number of alkyl halides is 3. The Hall–Kier alpha value is -1.59. The van der Waals surface area contributed by atoms with Gasteiger partial charge in [0.05, 0.1) is 11.6 Å². The molecular weight excluding hydrogens is 306 g/mol. The lowest BCUT2D eigenvalue weighted by molar-refractivity contribution is -0.140. The largest absolute Gasteiger partial charge is 0.419 e. The monoisotopic (exact) mass is 317 g/mol. The molecule has 0 aliphatic heterocycles. The Bertz CT molecular complexity index is 667. The van der Waals surface area contributed by atoms with Crippen LogP contribution in [0.5, 0.6) is 0 Å². The van der Waals surface area contributed by atoms with Crippen molar-refractivity contribution in [1.29, 1.82) is 0 Å². The summed E-state index contributed by atoms with van der Waals surface area (Å²) >= 11 is 5.98. The molecule has 0 bridgehead atoms. The van der Waals surface area contributed by atoms with Crippen LogP contribution in [-0.4, -0.2) is 0 Å². The van der Waals surface area contributed by atoms with E-state index in [2.05, 4.69) is 0 Å². The van der Waals surface area contributed by atoms with Crippen molar-refractivity contribution in [3.05, 3.63) is 69.5 Å². The van der Waals surface area contributed by atoms with Crippen LogP contribution in [0.1, 0.15) is 28.3 Å². The summed E-state index contributed by atoms with van der Waals surface area (Å²) in [4.78, 5) is 0. The van der Waals surface area contributed by atoms with Crippen molar-refractivity contribution in [1.82, 2.24) is 0 Å². The molecule has 0 spiro atoms. The quantitative estimate of drug-likeness (QED) is 0.787. The van der Waals surface area contributed by atoms with E-state index in [9.17, 15) is 17.6 Å². The summed E-state index contributed by atoms with van der Waals surface area (Å²) in [5, 5.41) is 0.496. The fourth-order valence-electron chi connectivity index (χ4n) is 2.10. The van der Waals surface area contributed by atoms with Crippen LogP contribution in [0, 0.1) is 12.7 Å². The highest BCUT2D eigenvalue weighted by atomic mass is 35.5. The number of rotatable bonds is 2. The van der Waals surface area contributed by atoms with E-state index in [-0.39, 0.29) is 5.56 Å². The number of hydrogen-bond acceptors (Lipinski definition) is 1. The molecule has 112 valence electrons. The van der Waals surface area contributed by atoms with Gasteiger partial charge in [-0.15, -0.1) is 0 Å². The average Bonchev–Trinajstić information content (AvgIpc) is 2.39. The lowest BCUT2D eigenvalue weighted by atomic mass is 9.95. The predicted molar refractivity (Wildman–Crippen MR) is 73.6 cm³/mol. The average molecular weight is 318 g/mol. The van der Waals surface area contributed by atoms with Crippen molar-refractivity contribution in [3.63, 3.8) is 0 Å². The minimum Gasteiger partial charge on any atom is -0.320 e. The third kappa shape index (κ3) is 3.19. The second-order valence-electron chi connectivity index (χ2n) is 4.67. The Morgan fingerprint density at radius 3 is 2.38 bits per heavy atom. The minimum absolute atomic E-state index is 0.255. The molecule has 0 aromatic heterocycles. The SMILES string of the molecule is Cc1c(Cl)cccc1C(N)c1ccc(C(F)(F)F)c(F)c1. The minimum atomic E-state index is -4.72. The molecule has 1 nitrogen and oxygen atoms in total. The number of halogens is 5. The summed E-state index contributed by atoms with van der Waals surface area (Å²) < 4.78 is 51.2. The van der Waals surface area contributed by atoms with Crippen LogP contribution in [0.15, 0.2) is 36.4 Å². The van der Waals surface area contributed by atoms with Crippen LogP contribution < -0.4 is 5.73 Å². The molecule has 1 atom stereocenters. The summed E-state index contributed by atoms with van der Waals surface area (Å²) in [6.07, 6.45) is -4.72. The lowest BCUT2D eigenvalue weighted by Gasteiger charge is -2.17. The molecule has 21 heavy (non-hydrogen) atoms. The Morgan fingerprint density at radius 2 is 1.81 bits per heavy atom. The normalized spacial score (nSPS) is 13.3. The zero-order chi connectivity index (χ0) is 15.8. The third-order valence-corrected chi connectivity index (χ3v) is 3.71. The van der Waals surface area contributed by atoms with Gasteiger partial charge >= 0.3 is 6.18 Å². The Morgan fingerprint density at radius 1 is 1.14 bits per heavy atom. The highest BCUT2D eigenvalue weighted by molar-refractivity contribution is 6.31. The molecule has 0 saturated carbocycles. The van der Waals surface area contributed by atoms with Crippen molar-refractivity contribution in [3.8, 4) is 0 Å². The highest BCUT2D eigenvalue weighted by Gasteiger charge is 2.34. The summed E-state index contributed by atoms with van der Waals surface area (Å²) in [5.74, 6) is -1.34. The first-order chi connectivity index (χ1) is 9.71. The molecule has 0 heterocycles. The van der Waals surface area contributed by atoms with Crippen LogP contribution in [0.25, 0.3) is 0 Å². The van der Waals surface area contributed by atoms with Crippen LogP contribution in [0.4, 0.5) is 17.6 Å². The molecule has 0 amide bonds. The molecular formula is C15H12ClF4N. The van der Waals surface area contributed by atoms with Gasteiger partial charge in [-0.05, 0) is 41.8 Å². The molecule has 2 aromatic carbocycles. The van der Waals surface area contributed by atoms with E-state index in [1.165, 1.54) is 6.07 Å². The molecule has 0 saturated heterocycles. The first-order valence-corrected chi connectivity index (χ1v) is 6.47. The lowest BCUT2D eigenvalue weighted by Crippen LogP contribution is -2.15. The zero-order valence-electron chi connectivity index (χ0n) is 11.0. The fourth-order valence-corrected chi connectivity index (χ4v) is 2.28. The van der Waals surface area contributed by atoms with Gasteiger partial charge in [0.25, 0.3) is 0 Å². The zero-order valence-corrected chi connectivity index (χ0v) is 11.8. The summed E-state index contributed by atoms with van der Waals surface area (Å²) in [6.45, 7) is 1.75. The molecule has 2 N–H and O–H groups in total. The van der Waals surface area contributed by atoms with Crippen LogP contribution in [-0.2, 0) is 6.18 Å². The van der Waals surface area contributed by atoms with E-state index in [1.807, 2.05) is 0 Å². The van der Waals surface area contributed by atoms with Crippen LogP contribution in [0.3, 0.4) is 0 Å². The van der Waals surface area contributed by atoms with Crippen molar-refractivity contribution >= 4 is 11.6 Å². The van der Waals surface area contributed by atoms with Gasteiger partial charge in [0.2, 0.25) is 0 Å². The van der Waals surface area contributed by atoms with E-state index >= 15 is 0 Å². The Kier molecular flexibility index (Phi) is 4.25. The fraction of sp³-hybridized carbons (Fsp3) is 0.200. The van der Waals surface area contributed by atoms with E-state index < -0.39 is 23.6 Å². The maximum atomic E-state index is 13.6. The van der Waals surface area contributed by atoms with Gasteiger partial charge < -0.3 is 5.73 Å². The van der Waals surface area contributed by atoms with Crippen LogP contribution >= 0.6 is 11.6 Å². The van der Waals surface area contributed by atoms with Crippen molar-refractivity contribution in [2.45, 2.75) is 19.1 Å². The van der Waals surface area contributed by atoms with E-state index in [1.54, 1.807) is 25.1 Å². The van der Waals surface area contributed by atoms with Gasteiger partial charge in [0.15, 0.2) is 0 Å². The molecule has 1 unspecified atom stereocenters. The summed E-state index contributed by atoms with van der Waals surface area (Å²) in [5.41, 5.74) is 6.31. The number of hydrogen-bond donors (Lipinski definition) is 1. The Balaban J connectivity index is 2.43. The van der Waals surface area contributed by atoms with Crippen LogP contribution in [0.2, 0.25) is 5.02 Å². The smallest absolute Gasteiger partial charge is 0.320 e. The van der Waals surface area contributed by atoms with Crippen molar-refractivity contribution < 1.29 is 17.6 Å². The molecule has 0 fully saturated rings. The van der Waals surface area contributed by atoms with Gasteiger partial charge in [-0.25, -0.2) is 4.39 Å². The van der Waals surface area contributed by atoms with Crippen molar-refractivity contribution in [2.75, 3.05) is 0 Å². The first-order valence-electron chi connectivity index (χ1n) is 6.09. The van der Waals surface area contributed by atoms with Gasteiger partial charge in [0, 0.05) is 5.02 Å². The molecule has 2 rings (SSSR count). The van der Waals surface area contributed by atoms with Gasteiger partial charge in [-0.2, -0.15) is 13.2 Å². The standard InChI is InChI=1S/C15H12ClF4N/c1-8-10(3-2-4-12(8)16)14(21)9-5-6-11(13(17)7-9)15(18,19)20/h2-7,14H,21H2,1H3. The maximum Gasteiger partial charge on any atom is 0.419 e. The predicted octanol–water partition coefficient (Wildman–Crippen LogP) is 4.85. The van der Waals surface area contributed by atoms with Gasteiger partial charge in [0.1, 0.15) is 5.82 Å². The van der Waals surface area contributed by atoms with Gasteiger partial charge in [-0.1, -0.05) is 29.8 Å². The molecule has 2 aromatic rings. The molecule has 0 aliphatic carbocycles. The van der Waals surface area contributed by atoms with E-state index in [0.29, 0.717) is 22.2 Å². The summed E-state index contributed by atoms with van der Waals surface area (Å²) in [6, 6.07) is 7.02. The first kappa shape index (κ1) is 15.8. The maximum absolute atomic E-state index is 13.6. The van der Waals surface area contributed by atoms with E-state index in [4.69, 9.17) is 17.3 Å². The Labute approximate surface area is 124 Å². The van der Waals surface area contributed by atoms with E-state index in [0.717, 1.165) is 6.07 Å².